The van der Waals surface area contributed by atoms with E-state index in [-0.39, 0.29) is 43.1 Å². The summed E-state index contributed by atoms with van der Waals surface area (Å²) < 4.78 is 10.8. The van der Waals surface area contributed by atoms with E-state index in [0.29, 0.717) is 16.8 Å². The zero-order valence-electron chi connectivity index (χ0n) is 28.9. The average molecular weight is 706 g/mol. The van der Waals surface area contributed by atoms with Crippen LogP contribution in [0.25, 0.3) is 6.08 Å². The van der Waals surface area contributed by atoms with Gasteiger partial charge in [0.25, 0.3) is 11.8 Å². The minimum Gasteiger partial charge on any atom is -0.502 e. The van der Waals surface area contributed by atoms with Gasteiger partial charge in [0.15, 0.2) is 11.5 Å². The van der Waals surface area contributed by atoms with Crippen LogP contribution in [-0.2, 0) is 29.4 Å². The molecule has 7 rings (SSSR count). The molecule has 0 spiro atoms. The standard InChI is InChI=1S/C40H39N3O9/c1-22-9-12-25(13-10-22)41-43-37(48)30-21-28-26(14-15-27-34(28)38(49)42(36(27)47)18-17-33(44)45)29(40(30,39(43)50)24-7-5-4-6-8-24)16-11-23-19-31(51-2)35(46)32(20-23)52-3/h4-14,16,19-20,27-30,34,41,46H,15,17-18,21H2,1-3H3,(H,44,45). The second-order valence-corrected chi connectivity index (χ2v) is 13.7. The number of benzene rings is 3. The number of nitrogens with one attached hydrogen (secondary N) is 1. The maximum absolute atomic E-state index is 15.2. The Labute approximate surface area is 300 Å². The number of carbonyl (C=O) groups excluding carboxylic acids is 4. The molecule has 6 atom stereocenters. The normalized spacial score (nSPS) is 26.6. The molecule has 0 radical (unpaired) electrons. The molecular weight excluding hydrogens is 666 g/mol. The summed E-state index contributed by atoms with van der Waals surface area (Å²) in [6.45, 7) is 1.70. The van der Waals surface area contributed by atoms with Crippen LogP contribution in [0.2, 0.25) is 0 Å². The molecule has 2 saturated heterocycles. The van der Waals surface area contributed by atoms with Gasteiger partial charge in [-0.25, -0.2) is 0 Å². The van der Waals surface area contributed by atoms with E-state index in [4.69, 9.17) is 9.47 Å². The van der Waals surface area contributed by atoms with E-state index < -0.39 is 64.6 Å². The number of aryl methyl sites for hydroxylation is 1. The summed E-state index contributed by atoms with van der Waals surface area (Å²) in [5.74, 6) is -6.54. The Kier molecular flexibility index (Phi) is 8.85. The van der Waals surface area contributed by atoms with Crippen LogP contribution in [0.4, 0.5) is 5.69 Å². The zero-order valence-corrected chi connectivity index (χ0v) is 28.9. The lowest BCUT2D eigenvalue weighted by atomic mass is 9.50. The minimum atomic E-state index is -1.44. The van der Waals surface area contributed by atoms with E-state index in [1.165, 1.54) is 14.2 Å². The van der Waals surface area contributed by atoms with E-state index in [2.05, 4.69) is 5.43 Å². The van der Waals surface area contributed by atoms with Gasteiger partial charge in [-0.3, -0.25) is 34.3 Å². The molecule has 4 amide bonds. The van der Waals surface area contributed by atoms with Gasteiger partial charge in [-0.05, 0) is 61.1 Å². The number of phenolic OH excluding ortho intramolecular Hbond substituents is 1. The molecule has 52 heavy (non-hydrogen) atoms. The summed E-state index contributed by atoms with van der Waals surface area (Å²) in [6, 6.07) is 19.7. The number of carboxylic acid groups (broad SMARTS) is 1. The summed E-state index contributed by atoms with van der Waals surface area (Å²) in [6.07, 6.45) is 5.53. The first-order valence-electron chi connectivity index (χ1n) is 17.2. The molecule has 6 unspecified atom stereocenters. The number of anilines is 1. The van der Waals surface area contributed by atoms with Crippen molar-refractivity contribution in [3.8, 4) is 17.2 Å². The molecule has 2 aliphatic heterocycles. The van der Waals surface area contributed by atoms with Crippen LogP contribution in [0, 0.1) is 36.5 Å². The molecule has 3 N–H and O–H groups in total. The van der Waals surface area contributed by atoms with Crippen molar-refractivity contribution in [2.75, 3.05) is 26.2 Å². The Morgan fingerprint density at radius 3 is 2.25 bits per heavy atom. The van der Waals surface area contributed by atoms with E-state index in [1.807, 2.05) is 61.5 Å². The number of aromatic hydroxyl groups is 1. The van der Waals surface area contributed by atoms with Gasteiger partial charge < -0.3 is 19.7 Å². The molecule has 4 aliphatic rings. The molecule has 2 aliphatic carbocycles. The highest BCUT2D eigenvalue weighted by Crippen LogP contribution is 2.61. The van der Waals surface area contributed by atoms with Gasteiger partial charge in [-0.2, -0.15) is 5.01 Å². The fourth-order valence-corrected chi connectivity index (χ4v) is 8.70. The van der Waals surface area contributed by atoms with Crippen molar-refractivity contribution in [2.24, 2.45) is 29.6 Å². The first-order chi connectivity index (χ1) is 25.0. The summed E-state index contributed by atoms with van der Waals surface area (Å²) in [5.41, 5.74) is 5.15. The number of allylic oxidation sites excluding steroid dienone is 3. The predicted molar refractivity (Wildman–Crippen MR) is 189 cm³/mol. The highest BCUT2D eigenvalue weighted by molar-refractivity contribution is 6.13. The molecule has 0 bridgehead atoms. The van der Waals surface area contributed by atoms with Crippen LogP contribution >= 0.6 is 0 Å². The number of hydrogen-bond acceptors (Lipinski definition) is 9. The number of hydrogen-bond donors (Lipinski definition) is 3. The number of phenols is 1. The maximum atomic E-state index is 15.2. The third-order valence-corrected chi connectivity index (χ3v) is 11.1. The number of amides is 4. The van der Waals surface area contributed by atoms with Crippen LogP contribution in [0.3, 0.4) is 0 Å². The van der Waals surface area contributed by atoms with Gasteiger partial charge in [-0.15, -0.1) is 0 Å². The Bertz CT molecular complexity index is 2000. The van der Waals surface area contributed by atoms with E-state index in [1.54, 1.807) is 30.3 Å². The van der Waals surface area contributed by atoms with E-state index in [0.717, 1.165) is 21.0 Å². The predicted octanol–water partition coefficient (Wildman–Crippen LogP) is 4.72. The topological polar surface area (TPSA) is 163 Å². The molecule has 3 aromatic carbocycles. The molecule has 3 aromatic rings. The fourth-order valence-electron chi connectivity index (χ4n) is 8.70. The van der Waals surface area contributed by atoms with Gasteiger partial charge >= 0.3 is 5.97 Å². The summed E-state index contributed by atoms with van der Waals surface area (Å²) in [4.78, 5) is 69.9. The SMILES string of the molecule is COc1cc(C=CC2C3=CCC4C(=O)N(CCC(=O)O)C(=O)C4C3CC3C(=O)N(Nc4ccc(C)cc4)C(=O)C23c2ccccc2)cc(OC)c1O. The second-order valence-electron chi connectivity index (χ2n) is 13.7. The molecule has 268 valence electrons. The number of aliphatic carboxylic acids is 1. The van der Waals surface area contributed by atoms with Gasteiger partial charge in [-0.1, -0.05) is 71.8 Å². The quantitative estimate of drug-likeness (QED) is 0.199. The molecule has 0 aromatic heterocycles. The molecule has 12 heteroatoms. The lowest BCUT2D eigenvalue weighted by Gasteiger charge is -2.49. The van der Waals surface area contributed by atoms with Crippen molar-refractivity contribution >= 4 is 41.4 Å². The van der Waals surface area contributed by atoms with Crippen molar-refractivity contribution in [3.63, 3.8) is 0 Å². The van der Waals surface area contributed by atoms with E-state index >= 15 is 4.79 Å². The summed E-state index contributed by atoms with van der Waals surface area (Å²) in [5, 5.41) is 21.0. The Morgan fingerprint density at radius 1 is 0.942 bits per heavy atom. The van der Waals surface area contributed by atoms with Crippen LogP contribution in [0.15, 0.2) is 84.5 Å². The number of carboxylic acids is 1. The maximum Gasteiger partial charge on any atom is 0.305 e. The molecule has 1 saturated carbocycles. The van der Waals surface area contributed by atoms with Crippen molar-refractivity contribution in [2.45, 2.75) is 31.6 Å². The van der Waals surface area contributed by atoms with Gasteiger partial charge in [0, 0.05) is 12.5 Å². The van der Waals surface area contributed by atoms with Crippen molar-refractivity contribution in [1.82, 2.24) is 9.91 Å². The highest BCUT2D eigenvalue weighted by Gasteiger charge is 2.69. The molecule has 2 heterocycles. The Hall–Kier alpha value is -5.91. The number of ether oxygens (including phenoxy) is 2. The van der Waals surface area contributed by atoms with Crippen molar-refractivity contribution < 1.29 is 43.7 Å². The number of nitrogens with zero attached hydrogens (tertiary/aromatic N) is 2. The summed E-state index contributed by atoms with van der Waals surface area (Å²) in [7, 11) is 2.84. The number of likely N-dealkylation sites (tertiary alicyclic amines) is 1. The average Bonchev–Trinajstić information content (AvgIpc) is 3.52. The summed E-state index contributed by atoms with van der Waals surface area (Å²) >= 11 is 0. The number of hydrazine groups is 1. The largest absolute Gasteiger partial charge is 0.502 e. The minimum absolute atomic E-state index is 0.121. The first kappa shape index (κ1) is 34.5. The first-order valence-corrected chi connectivity index (χ1v) is 17.2. The zero-order chi connectivity index (χ0) is 36.9. The molecule has 3 fully saturated rings. The second kappa shape index (κ2) is 13.3. The number of rotatable bonds is 10. The van der Waals surface area contributed by atoms with Crippen LogP contribution in [-0.4, -0.2) is 70.5 Å². The Balaban J connectivity index is 1.40. The number of imide groups is 2. The smallest absolute Gasteiger partial charge is 0.305 e. The lowest BCUT2D eigenvalue weighted by molar-refractivity contribution is -0.143. The molecular formula is C40H39N3O9. The molecule has 12 nitrogen and oxygen atoms in total. The van der Waals surface area contributed by atoms with Gasteiger partial charge in [0.1, 0.15) is 0 Å². The monoisotopic (exact) mass is 705 g/mol. The van der Waals surface area contributed by atoms with Crippen LogP contribution in [0.5, 0.6) is 17.2 Å². The third-order valence-electron chi connectivity index (χ3n) is 11.1. The fraction of sp³-hybridized carbons (Fsp3) is 0.325. The number of methoxy groups -OCH3 is 2. The van der Waals surface area contributed by atoms with Crippen molar-refractivity contribution in [1.29, 1.82) is 0 Å². The van der Waals surface area contributed by atoms with Crippen LogP contribution < -0.4 is 14.9 Å². The van der Waals surface area contributed by atoms with Gasteiger partial charge in [0.2, 0.25) is 17.6 Å². The third kappa shape index (κ3) is 5.40. The van der Waals surface area contributed by atoms with Crippen LogP contribution in [0.1, 0.15) is 36.0 Å². The van der Waals surface area contributed by atoms with E-state index in [9.17, 15) is 29.4 Å². The van der Waals surface area contributed by atoms with Gasteiger partial charge in [0.05, 0.1) is 49.5 Å². The van der Waals surface area contributed by atoms with Crippen molar-refractivity contribution in [3.05, 3.63) is 101 Å². The lowest BCUT2D eigenvalue weighted by Crippen LogP contribution is -2.54. The highest BCUT2D eigenvalue weighted by atomic mass is 16.5. The Morgan fingerprint density at radius 2 is 1.62 bits per heavy atom. The number of fused-ring (bicyclic) bond motifs is 4. The number of carbonyl (C=O) groups is 5.